The smallest absolute Gasteiger partial charge is 0.263 e. The Labute approximate surface area is 130 Å². The van der Waals surface area contributed by atoms with E-state index < -0.39 is 5.60 Å². The third-order valence-corrected chi connectivity index (χ3v) is 3.68. The Morgan fingerprint density at radius 2 is 2.00 bits per heavy atom. The molecule has 116 valence electrons. The summed E-state index contributed by atoms with van der Waals surface area (Å²) < 4.78 is 7.64. The number of carbonyl (C=O) groups excluding carboxylic acids is 1. The Hall–Kier alpha value is -2.30. The second kappa shape index (κ2) is 5.48. The first-order valence-corrected chi connectivity index (χ1v) is 7.57. The van der Waals surface area contributed by atoms with Crippen molar-refractivity contribution in [3.05, 3.63) is 42.1 Å². The summed E-state index contributed by atoms with van der Waals surface area (Å²) in [5.74, 6) is 0.392. The third kappa shape index (κ3) is 3.13. The normalized spacial score (nSPS) is 14.7. The summed E-state index contributed by atoms with van der Waals surface area (Å²) in [5.41, 5.74) is 0.917. The largest absolute Gasteiger partial charge is 0.460 e. The topological polar surface area (TPSA) is 56.2 Å². The number of hydrogen-bond acceptors (Lipinski definition) is 3. The monoisotopic (exact) mass is 299 g/mol. The first-order chi connectivity index (χ1) is 10.5. The van der Waals surface area contributed by atoms with Crippen molar-refractivity contribution in [1.29, 1.82) is 0 Å². The predicted molar refractivity (Wildman–Crippen MR) is 84.2 cm³/mol. The van der Waals surface area contributed by atoms with Crippen molar-refractivity contribution < 1.29 is 9.53 Å². The van der Waals surface area contributed by atoms with Crippen LogP contribution in [0.3, 0.4) is 0 Å². The molecule has 1 aromatic carbocycles. The lowest BCUT2D eigenvalue weighted by molar-refractivity contribution is -0.134. The van der Waals surface area contributed by atoms with Crippen LogP contribution in [0, 0.1) is 6.92 Å². The maximum absolute atomic E-state index is 12.2. The van der Waals surface area contributed by atoms with E-state index in [4.69, 9.17) is 4.74 Å². The zero-order valence-electron chi connectivity index (χ0n) is 13.2. The average Bonchev–Trinajstić information content (AvgIpc) is 3.23. The van der Waals surface area contributed by atoms with Gasteiger partial charge in [-0.15, -0.1) is 5.10 Å². The van der Waals surface area contributed by atoms with Crippen LogP contribution >= 0.6 is 0 Å². The van der Waals surface area contributed by atoms with Crippen LogP contribution in [0.4, 0.5) is 0 Å². The summed E-state index contributed by atoms with van der Waals surface area (Å²) >= 11 is 0. The molecule has 0 radical (unpaired) electrons. The summed E-state index contributed by atoms with van der Waals surface area (Å²) in [5, 5.41) is 7.43. The first-order valence-electron chi connectivity index (χ1n) is 7.57. The van der Waals surface area contributed by atoms with Gasteiger partial charge in [-0.3, -0.25) is 4.79 Å². The minimum atomic E-state index is -0.941. The molecule has 22 heavy (non-hydrogen) atoms. The number of nitrogens with one attached hydrogen (secondary N) is 1. The van der Waals surface area contributed by atoms with Gasteiger partial charge in [-0.2, -0.15) is 0 Å². The van der Waals surface area contributed by atoms with Gasteiger partial charge in [0.15, 0.2) is 5.60 Å². The van der Waals surface area contributed by atoms with Gasteiger partial charge in [0.1, 0.15) is 0 Å². The van der Waals surface area contributed by atoms with Crippen molar-refractivity contribution in [3.8, 4) is 11.6 Å². The van der Waals surface area contributed by atoms with Gasteiger partial charge in [-0.25, -0.2) is 4.68 Å². The lowest BCUT2D eigenvalue weighted by Crippen LogP contribution is -2.47. The molecule has 0 bridgehead atoms. The molecule has 3 rings (SSSR count). The van der Waals surface area contributed by atoms with Gasteiger partial charge in [-0.05, 0) is 45.7 Å². The van der Waals surface area contributed by atoms with Crippen LogP contribution in [-0.4, -0.2) is 27.3 Å². The molecular formula is C17H21N3O2. The number of aryl methyl sites for hydroxylation is 1. The maximum atomic E-state index is 12.2. The van der Waals surface area contributed by atoms with Crippen LogP contribution in [0.1, 0.15) is 32.3 Å². The van der Waals surface area contributed by atoms with Gasteiger partial charge in [0.2, 0.25) is 5.88 Å². The van der Waals surface area contributed by atoms with Crippen molar-refractivity contribution in [2.45, 2.75) is 45.3 Å². The first kappa shape index (κ1) is 14.6. The van der Waals surface area contributed by atoms with Crippen molar-refractivity contribution >= 4 is 5.91 Å². The van der Waals surface area contributed by atoms with Gasteiger partial charge < -0.3 is 10.1 Å². The number of para-hydroxylation sites is 1. The summed E-state index contributed by atoms with van der Waals surface area (Å²) in [6, 6.07) is 10.1. The van der Waals surface area contributed by atoms with E-state index >= 15 is 0 Å². The highest BCUT2D eigenvalue weighted by atomic mass is 16.5. The quantitative estimate of drug-likeness (QED) is 0.923. The van der Waals surface area contributed by atoms with Crippen molar-refractivity contribution in [2.75, 3.05) is 0 Å². The summed E-state index contributed by atoms with van der Waals surface area (Å²) in [7, 11) is 0. The van der Waals surface area contributed by atoms with Crippen LogP contribution in [0.15, 0.2) is 36.5 Å². The minimum Gasteiger partial charge on any atom is -0.460 e. The van der Waals surface area contributed by atoms with Crippen LogP contribution in [0.2, 0.25) is 0 Å². The average molecular weight is 299 g/mol. The van der Waals surface area contributed by atoms with E-state index in [0.29, 0.717) is 11.9 Å². The van der Waals surface area contributed by atoms with E-state index in [1.807, 2.05) is 43.5 Å². The number of hydrogen-bond donors (Lipinski definition) is 1. The molecule has 0 unspecified atom stereocenters. The number of ether oxygens (including phenoxy) is 1. The number of benzene rings is 1. The maximum Gasteiger partial charge on any atom is 0.263 e. The molecule has 2 aromatic rings. The van der Waals surface area contributed by atoms with E-state index in [-0.39, 0.29) is 5.91 Å². The van der Waals surface area contributed by atoms with Crippen molar-refractivity contribution in [3.63, 3.8) is 0 Å². The van der Waals surface area contributed by atoms with Crippen molar-refractivity contribution in [1.82, 2.24) is 15.1 Å². The molecule has 5 heteroatoms. The Balaban J connectivity index is 1.77. The second-order valence-electron chi connectivity index (χ2n) is 6.26. The molecule has 1 fully saturated rings. The van der Waals surface area contributed by atoms with Gasteiger partial charge in [-0.1, -0.05) is 18.2 Å². The summed E-state index contributed by atoms with van der Waals surface area (Å²) in [6.45, 7) is 5.47. The van der Waals surface area contributed by atoms with E-state index in [0.717, 1.165) is 24.1 Å². The zero-order chi connectivity index (χ0) is 15.7. The number of aromatic nitrogens is 2. The van der Waals surface area contributed by atoms with E-state index in [9.17, 15) is 4.79 Å². The van der Waals surface area contributed by atoms with Crippen LogP contribution < -0.4 is 10.1 Å². The van der Waals surface area contributed by atoms with Gasteiger partial charge in [0.25, 0.3) is 5.91 Å². The van der Waals surface area contributed by atoms with Gasteiger partial charge in [0, 0.05) is 17.8 Å². The molecule has 1 aliphatic rings. The molecule has 0 aliphatic heterocycles. The molecule has 5 nitrogen and oxygen atoms in total. The third-order valence-electron chi connectivity index (χ3n) is 3.68. The van der Waals surface area contributed by atoms with Crippen molar-refractivity contribution in [2.24, 2.45) is 0 Å². The molecule has 1 N–H and O–H groups in total. The highest BCUT2D eigenvalue weighted by molar-refractivity contribution is 5.85. The molecule has 1 saturated carbocycles. The van der Waals surface area contributed by atoms with Crippen LogP contribution in [-0.2, 0) is 4.79 Å². The number of amides is 1. The Morgan fingerprint density at radius 1 is 1.32 bits per heavy atom. The Bertz CT molecular complexity index is 672. The van der Waals surface area contributed by atoms with E-state index in [1.54, 1.807) is 18.5 Å². The highest BCUT2D eigenvalue weighted by Gasteiger charge is 2.35. The molecule has 1 aliphatic carbocycles. The highest BCUT2D eigenvalue weighted by Crippen LogP contribution is 2.24. The van der Waals surface area contributed by atoms with Gasteiger partial charge in [0.05, 0.1) is 5.69 Å². The standard InChI is InChI=1S/C17H21N3O2/c1-12-11-20(14-7-5-4-6-8-14)19-15(12)22-17(2,3)16(21)18-13-9-10-13/h4-8,11,13H,9-10H2,1-3H3,(H,18,21). The molecule has 0 saturated heterocycles. The Kier molecular flexibility index (Phi) is 3.64. The predicted octanol–water partition coefficient (Wildman–Crippen LogP) is 2.62. The van der Waals surface area contributed by atoms with Crippen LogP contribution in [0.5, 0.6) is 5.88 Å². The fourth-order valence-corrected chi connectivity index (χ4v) is 2.13. The molecule has 1 aromatic heterocycles. The fourth-order valence-electron chi connectivity index (χ4n) is 2.13. The molecule has 0 atom stereocenters. The summed E-state index contributed by atoms with van der Waals surface area (Å²) in [4.78, 5) is 12.2. The molecule has 1 amide bonds. The SMILES string of the molecule is Cc1cn(-c2ccccc2)nc1OC(C)(C)C(=O)NC1CC1. The minimum absolute atomic E-state index is 0.0938. The van der Waals surface area contributed by atoms with E-state index in [2.05, 4.69) is 10.4 Å². The lowest BCUT2D eigenvalue weighted by atomic mass is 10.1. The van der Waals surface area contributed by atoms with Gasteiger partial charge >= 0.3 is 0 Å². The summed E-state index contributed by atoms with van der Waals surface area (Å²) in [6.07, 6.45) is 4.02. The number of nitrogens with zero attached hydrogens (tertiary/aromatic N) is 2. The second-order valence-corrected chi connectivity index (χ2v) is 6.26. The van der Waals surface area contributed by atoms with Crippen LogP contribution in [0.25, 0.3) is 5.69 Å². The number of carbonyl (C=O) groups is 1. The fraction of sp³-hybridized carbons (Fsp3) is 0.412. The lowest BCUT2D eigenvalue weighted by Gasteiger charge is -2.24. The molecule has 0 spiro atoms. The van der Waals surface area contributed by atoms with E-state index in [1.165, 1.54) is 0 Å². The zero-order valence-corrected chi connectivity index (χ0v) is 13.2. The number of rotatable bonds is 5. The molecular weight excluding hydrogens is 278 g/mol. The molecule has 1 heterocycles. The Morgan fingerprint density at radius 3 is 2.64 bits per heavy atom.